The molecule has 0 aliphatic rings. The summed E-state index contributed by atoms with van der Waals surface area (Å²) in [5.41, 5.74) is 1.46. The van der Waals surface area contributed by atoms with Crippen LogP contribution < -0.4 is 5.32 Å². The SMILES string of the molecule is CC(C)(C)c1noc(-c2ccccc2C(=O)NCc2nc(-c3ccc(Cl)cc3)no2)n1. The van der Waals surface area contributed by atoms with Crippen LogP contribution in [0.4, 0.5) is 0 Å². The third-order valence-electron chi connectivity index (χ3n) is 4.47. The second kappa shape index (κ2) is 8.31. The Kier molecular flexibility index (Phi) is 5.56. The quantitative estimate of drug-likeness (QED) is 0.483. The molecule has 2 heterocycles. The second-order valence-electron chi connectivity index (χ2n) is 7.92. The Labute approximate surface area is 183 Å². The van der Waals surface area contributed by atoms with Crippen molar-refractivity contribution in [2.45, 2.75) is 32.7 Å². The molecule has 0 atom stereocenters. The van der Waals surface area contributed by atoms with Crippen molar-refractivity contribution in [1.82, 2.24) is 25.6 Å². The standard InChI is InChI=1S/C22H20ClN5O3/c1-22(2,3)21-26-20(31-28-21)16-7-5-4-6-15(16)19(29)24-12-17-25-18(27-30-17)13-8-10-14(23)11-9-13/h4-11H,12H2,1-3H3,(H,24,29). The zero-order valence-electron chi connectivity index (χ0n) is 17.2. The van der Waals surface area contributed by atoms with Crippen LogP contribution in [0.1, 0.15) is 42.8 Å². The summed E-state index contributed by atoms with van der Waals surface area (Å²) in [4.78, 5) is 21.6. The monoisotopic (exact) mass is 437 g/mol. The number of carbonyl (C=O) groups is 1. The number of aromatic nitrogens is 4. The first-order valence-electron chi connectivity index (χ1n) is 9.61. The Balaban J connectivity index is 1.49. The molecule has 0 aliphatic carbocycles. The van der Waals surface area contributed by atoms with Crippen LogP contribution in [0.3, 0.4) is 0 Å². The van der Waals surface area contributed by atoms with Gasteiger partial charge in [-0.2, -0.15) is 9.97 Å². The van der Waals surface area contributed by atoms with Gasteiger partial charge in [-0.25, -0.2) is 0 Å². The van der Waals surface area contributed by atoms with Gasteiger partial charge >= 0.3 is 0 Å². The van der Waals surface area contributed by atoms with Gasteiger partial charge in [-0.15, -0.1) is 0 Å². The lowest BCUT2D eigenvalue weighted by Gasteiger charge is -2.11. The Morgan fingerprint density at radius 2 is 1.74 bits per heavy atom. The van der Waals surface area contributed by atoms with E-state index in [-0.39, 0.29) is 23.8 Å². The zero-order chi connectivity index (χ0) is 22.0. The smallest absolute Gasteiger partial charge is 0.258 e. The molecule has 2 aromatic heterocycles. The Bertz CT molecular complexity index is 1210. The average molecular weight is 438 g/mol. The fraction of sp³-hybridized carbons (Fsp3) is 0.227. The number of benzene rings is 2. The van der Waals surface area contributed by atoms with Gasteiger partial charge in [0.1, 0.15) is 0 Å². The van der Waals surface area contributed by atoms with Crippen molar-refractivity contribution in [2.24, 2.45) is 0 Å². The van der Waals surface area contributed by atoms with E-state index in [1.165, 1.54) is 0 Å². The van der Waals surface area contributed by atoms with Crippen molar-refractivity contribution in [3.05, 3.63) is 70.8 Å². The Hall–Kier alpha value is -3.52. The molecule has 158 valence electrons. The van der Waals surface area contributed by atoms with Crippen molar-refractivity contribution in [3.8, 4) is 22.8 Å². The zero-order valence-corrected chi connectivity index (χ0v) is 18.0. The minimum Gasteiger partial charge on any atom is -0.343 e. The molecule has 0 radical (unpaired) electrons. The summed E-state index contributed by atoms with van der Waals surface area (Å²) >= 11 is 5.90. The molecule has 0 spiro atoms. The van der Waals surface area contributed by atoms with E-state index in [2.05, 4.69) is 25.6 Å². The molecular formula is C22H20ClN5O3. The van der Waals surface area contributed by atoms with Crippen LogP contribution in [0.25, 0.3) is 22.8 Å². The lowest BCUT2D eigenvalue weighted by Crippen LogP contribution is -2.23. The van der Waals surface area contributed by atoms with E-state index in [0.717, 1.165) is 5.56 Å². The maximum absolute atomic E-state index is 12.8. The number of hydrogen-bond donors (Lipinski definition) is 1. The highest BCUT2D eigenvalue weighted by atomic mass is 35.5. The lowest BCUT2D eigenvalue weighted by molar-refractivity contribution is 0.0946. The molecule has 0 saturated carbocycles. The predicted octanol–water partition coefficient (Wildman–Crippen LogP) is 4.67. The number of hydrogen-bond acceptors (Lipinski definition) is 7. The number of nitrogens with one attached hydrogen (secondary N) is 1. The van der Waals surface area contributed by atoms with Crippen LogP contribution in [0, 0.1) is 0 Å². The molecule has 4 aromatic rings. The maximum atomic E-state index is 12.8. The van der Waals surface area contributed by atoms with E-state index >= 15 is 0 Å². The molecule has 0 bridgehead atoms. The van der Waals surface area contributed by atoms with Gasteiger partial charge in [-0.3, -0.25) is 4.79 Å². The van der Waals surface area contributed by atoms with E-state index in [1.807, 2.05) is 26.8 Å². The van der Waals surface area contributed by atoms with E-state index in [9.17, 15) is 4.79 Å². The van der Waals surface area contributed by atoms with Crippen LogP contribution in [0.2, 0.25) is 5.02 Å². The molecule has 8 nitrogen and oxygen atoms in total. The van der Waals surface area contributed by atoms with E-state index < -0.39 is 0 Å². The van der Waals surface area contributed by atoms with Crippen LogP contribution in [0.5, 0.6) is 0 Å². The summed E-state index contributed by atoms with van der Waals surface area (Å²) in [7, 11) is 0. The highest BCUT2D eigenvalue weighted by molar-refractivity contribution is 6.30. The Morgan fingerprint density at radius 1 is 1.00 bits per heavy atom. The molecule has 0 aliphatic heterocycles. The fourth-order valence-corrected chi connectivity index (χ4v) is 2.93. The van der Waals surface area contributed by atoms with Crippen LogP contribution in [-0.4, -0.2) is 26.2 Å². The summed E-state index contributed by atoms with van der Waals surface area (Å²) in [6.45, 7) is 6.04. The molecule has 0 fully saturated rings. The molecule has 2 aromatic carbocycles. The second-order valence-corrected chi connectivity index (χ2v) is 8.36. The van der Waals surface area contributed by atoms with Crippen molar-refractivity contribution < 1.29 is 13.8 Å². The predicted molar refractivity (Wildman–Crippen MR) is 114 cm³/mol. The first kappa shape index (κ1) is 20.7. The number of amides is 1. The van der Waals surface area contributed by atoms with Gasteiger partial charge in [0, 0.05) is 16.0 Å². The van der Waals surface area contributed by atoms with Crippen LogP contribution >= 0.6 is 11.6 Å². The van der Waals surface area contributed by atoms with Crippen molar-refractivity contribution in [2.75, 3.05) is 0 Å². The number of rotatable bonds is 5. The first-order valence-corrected chi connectivity index (χ1v) is 9.99. The van der Waals surface area contributed by atoms with Crippen molar-refractivity contribution >= 4 is 17.5 Å². The average Bonchev–Trinajstić information content (AvgIpc) is 3.42. The summed E-state index contributed by atoms with van der Waals surface area (Å²) in [5.74, 6) is 1.24. The number of halogens is 1. The topological polar surface area (TPSA) is 107 Å². The van der Waals surface area contributed by atoms with E-state index in [4.69, 9.17) is 20.6 Å². The molecule has 31 heavy (non-hydrogen) atoms. The molecule has 0 unspecified atom stereocenters. The van der Waals surface area contributed by atoms with Crippen molar-refractivity contribution in [3.63, 3.8) is 0 Å². The van der Waals surface area contributed by atoms with Crippen LogP contribution in [0.15, 0.2) is 57.6 Å². The molecule has 9 heteroatoms. The maximum Gasteiger partial charge on any atom is 0.258 e. The van der Waals surface area contributed by atoms with Crippen molar-refractivity contribution in [1.29, 1.82) is 0 Å². The highest BCUT2D eigenvalue weighted by Gasteiger charge is 2.23. The minimum absolute atomic E-state index is 0.0742. The van der Waals surface area contributed by atoms with Gasteiger partial charge in [-0.05, 0) is 36.4 Å². The minimum atomic E-state index is -0.322. The lowest BCUT2D eigenvalue weighted by atomic mass is 9.96. The van der Waals surface area contributed by atoms with Gasteiger partial charge in [0.25, 0.3) is 11.8 Å². The summed E-state index contributed by atoms with van der Waals surface area (Å²) in [6.07, 6.45) is 0. The fourth-order valence-electron chi connectivity index (χ4n) is 2.80. The molecule has 4 rings (SSSR count). The first-order chi connectivity index (χ1) is 14.8. The number of carbonyl (C=O) groups excluding carboxylic acids is 1. The highest BCUT2D eigenvalue weighted by Crippen LogP contribution is 2.26. The van der Waals surface area contributed by atoms with Gasteiger partial charge in [0.15, 0.2) is 5.82 Å². The summed E-state index contributed by atoms with van der Waals surface area (Å²) in [5, 5.41) is 11.4. The van der Waals surface area contributed by atoms with Gasteiger partial charge in [0.2, 0.25) is 11.7 Å². The van der Waals surface area contributed by atoms with E-state index in [1.54, 1.807) is 42.5 Å². The third kappa shape index (κ3) is 4.64. The molecule has 1 N–H and O–H groups in total. The summed E-state index contributed by atoms with van der Waals surface area (Å²) in [6, 6.07) is 14.1. The third-order valence-corrected chi connectivity index (χ3v) is 4.72. The summed E-state index contributed by atoms with van der Waals surface area (Å²) < 4.78 is 10.6. The van der Waals surface area contributed by atoms with E-state index in [0.29, 0.717) is 33.7 Å². The molecule has 0 saturated heterocycles. The van der Waals surface area contributed by atoms with Gasteiger partial charge in [0.05, 0.1) is 17.7 Å². The Morgan fingerprint density at radius 3 is 2.45 bits per heavy atom. The van der Waals surface area contributed by atoms with Gasteiger partial charge < -0.3 is 14.4 Å². The molecular weight excluding hydrogens is 418 g/mol. The normalized spacial score (nSPS) is 11.5. The van der Waals surface area contributed by atoms with Gasteiger partial charge in [-0.1, -0.05) is 54.8 Å². The van der Waals surface area contributed by atoms with Crippen LogP contribution in [-0.2, 0) is 12.0 Å². The molecule has 1 amide bonds. The number of nitrogens with zero attached hydrogens (tertiary/aromatic N) is 4. The largest absolute Gasteiger partial charge is 0.343 e.